The standard InChI is InChI=1S/C7H11F2N3/c8-7(9)3-1-6(2-4-7)5-11-12-10/h6H,1-5H2. The van der Waals surface area contributed by atoms with Crippen LogP contribution in [0.3, 0.4) is 0 Å². The van der Waals surface area contributed by atoms with Gasteiger partial charge in [0.2, 0.25) is 5.92 Å². The van der Waals surface area contributed by atoms with Gasteiger partial charge in [-0.2, -0.15) is 0 Å². The zero-order chi connectivity index (χ0) is 9.03. The van der Waals surface area contributed by atoms with Gasteiger partial charge in [-0.3, -0.25) is 0 Å². The fourth-order valence-electron chi connectivity index (χ4n) is 1.43. The van der Waals surface area contributed by atoms with E-state index in [-0.39, 0.29) is 18.8 Å². The van der Waals surface area contributed by atoms with E-state index in [1.54, 1.807) is 0 Å². The van der Waals surface area contributed by atoms with Gasteiger partial charge in [0, 0.05) is 24.3 Å². The Bertz CT molecular complexity index is 189. The molecule has 0 aromatic carbocycles. The van der Waals surface area contributed by atoms with Crippen molar-refractivity contribution in [1.29, 1.82) is 0 Å². The fraction of sp³-hybridized carbons (Fsp3) is 1.00. The van der Waals surface area contributed by atoms with Crippen LogP contribution in [0.5, 0.6) is 0 Å². The van der Waals surface area contributed by atoms with Gasteiger partial charge in [0.05, 0.1) is 0 Å². The summed E-state index contributed by atoms with van der Waals surface area (Å²) in [4.78, 5) is 2.60. The van der Waals surface area contributed by atoms with Crippen LogP contribution in [0.4, 0.5) is 8.78 Å². The first-order valence-corrected chi connectivity index (χ1v) is 4.03. The lowest BCUT2D eigenvalue weighted by Gasteiger charge is -2.26. The summed E-state index contributed by atoms with van der Waals surface area (Å²) in [6, 6.07) is 0. The maximum Gasteiger partial charge on any atom is 0.248 e. The van der Waals surface area contributed by atoms with E-state index in [2.05, 4.69) is 10.0 Å². The molecule has 68 valence electrons. The van der Waals surface area contributed by atoms with Gasteiger partial charge in [0.15, 0.2) is 0 Å². The van der Waals surface area contributed by atoms with E-state index in [0.29, 0.717) is 19.4 Å². The molecule has 1 aliphatic rings. The largest absolute Gasteiger partial charge is 0.248 e. The van der Waals surface area contributed by atoms with Gasteiger partial charge in [0.25, 0.3) is 0 Å². The lowest BCUT2D eigenvalue weighted by molar-refractivity contribution is -0.0447. The van der Waals surface area contributed by atoms with Crippen LogP contribution < -0.4 is 0 Å². The molecule has 0 aromatic rings. The summed E-state index contributed by atoms with van der Waals surface area (Å²) < 4.78 is 25.2. The van der Waals surface area contributed by atoms with E-state index in [1.807, 2.05) is 0 Å². The van der Waals surface area contributed by atoms with Crippen LogP contribution in [0.1, 0.15) is 25.7 Å². The average molecular weight is 175 g/mol. The van der Waals surface area contributed by atoms with Crippen LogP contribution in [0.25, 0.3) is 10.4 Å². The molecular formula is C7H11F2N3. The second-order valence-electron chi connectivity index (χ2n) is 3.21. The van der Waals surface area contributed by atoms with E-state index in [4.69, 9.17) is 5.53 Å². The van der Waals surface area contributed by atoms with Crippen LogP contribution in [0.2, 0.25) is 0 Å². The quantitative estimate of drug-likeness (QED) is 0.351. The molecular weight excluding hydrogens is 164 g/mol. The van der Waals surface area contributed by atoms with Crippen molar-refractivity contribution in [3.8, 4) is 0 Å². The maximum atomic E-state index is 12.6. The lowest BCUT2D eigenvalue weighted by Crippen LogP contribution is -2.25. The molecule has 12 heavy (non-hydrogen) atoms. The van der Waals surface area contributed by atoms with Crippen molar-refractivity contribution in [2.24, 2.45) is 11.0 Å². The molecule has 0 unspecified atom stereocenters. The molecule has 3 nitrogen and oxygen atoms in total. The number of halogens is 2. The molecule has 0 N–H and O–H groups in total. The molecule has 0 bridgehead atoms. The summed E-state index contributed by atoms with van der Waals surface area (Å²) in [7, 11) is 0. The first kappa shape index (κ1) is 9.26. The summed E-state index contributed by atoms with van der Waals surface area (Å²) in [5.74, 6) is -2.31. The lowest BCUT2D eigenvalue weighted by atomic mass is 9.87. The minimum absolute atomic E-state index is 0.0569. The van der Waals surface area contributed by atoms with E-state index in [0.717, 1.165) is 0 Å². The molecule has 1 saturated carbocycles. The monoisotopic (exact) mass is 175 g/mol. The summed E-state index contributed by atoms with van der Waals surface area (Å²) in [5, 5.41) is 3.38. The second kappa shape index (κ2) is 3.72. The Morgan fingerprint density at radius 2 is 2.00 bits per heavy atom. The van der Waals surface area contributed by atoms with Crippen molar-refractivity contribution >= 4 is 0 Å². The van der Waals surface area contributed by atoms with Crippen LogP contribution in [0.15, 0.2) is 5.11 Å². The molecule has 1 aliphatic carbocycles. The van der Waals surface area contributed by atoms with Gasteiger partial charge >= 0.3 is 0 Å². The highest BCUT2D eigenvalue weighted by Gasteiger charge is 2.34. The van der Waals surface area contributed by atoms with Gasteiger partial charge in [-0.25, -0.2) is 8.78 Å². The topological polar surface area (TPSA) is 48.8 Å². The highest BCUT2D eigenvalue weighted by atomic mass is 19.3. The van der Waals surface area contributed by atoms with Gasteiger partial charge in [-0.1, -0.05) is 5.11 Å². The number of rotatable bonds is 2. The zero-order valence-corrected chi connectivity index (χ0v) is 6.71. The highest BCUT2D eigenvalue weighted by molar-refractivity contribution is 4.78. The number of hydrogen-bond donors (Lipinski definition) is 0. The van der Waals surface area contributed by atoms with E-state index < -0.39 is 5.92 Å². The van der Waals surface area contributed by atoms with Crippen molar-refractivity contribution in [2.75, 3.05) is 6.54 Å². The third kappa shape index (κ3) is 2.66. The van der Waals surface area contributed by atoms with E-state index in [1.165, 1.54) is 0 Å². The second-order valence-corrected chi connectivity index (χ2v) is 3.21. The number of alkyl halides is 2. The number of azide groups is 1. The van der Waals surface area contributed by atoms with Crippen LogP contribution >= 0.6 is 0 Å². The van der Waals surface area contributed by atoms with Crippen LogP contribution in [-0.2, 0) is 0 Å². The summed E-state index contributed by atoms with van der Waals surface area (Å²) in [5.41, 5.74) is 8.01. The molecule has 1 rings (SSSR count). The molecule has 0 atom stereocenters. The molecule has 5 heteroatoms. The number of hydrogen-bond acceptors (Lipinski definition) is 1. The Balaban J connectivity index is 2.31. The Hall–Kier alpha value is -0.830. The number of nitrogens with zero attached hydrogens (tertiary/aromatic N) is 3. The van der Waals surface area contributed by atoms with Gasteiger partial charge in [-0.15, -0.1) is 0 Å². The van der Waals surface area contributed by atoms with Crippen LogP contribution in [-0.4, -0.2) is 12.5 Å². The third-order valence-corrected chi connectivity index (χ3v) is 2.24. The zero-order valence-electron chi connectivity index (χ0n) is 6.71. The Morgan fingerprint density at radius 1 is 1.42 bits per heavy atom. The Labute approximate surface area is 69.4 Å². The Morgan fingerprint density at radius 3 is 2.50 bits per heavy atom. The summed E-state index contributed by atoms with van der Waals surface area (Å²) >= 11 is 0. The average Bonchev–Trinajstić information content (AvgIpc) is 2.03. The van der Waals surface area contributed by atoms with Gasteiger partial charge < -0.3 is 0 Å². The Kier molecular flexibility index (Phi) is 2.87. The molecule has 0 spiro atoms. The van der Waals surface area contributed by atoms with E-state index >= 15 is 0 Å². The molecule has 0 aliphatic heterocycles. The minimum Gasteiger partial charge on any atom is -0.207 e. The maximum absolute atomic E-state index is 12.6. The third-order valence-electron chi connectivity index (χ3n) is 2.24. The minimum atomic E-state index is -2.48. The van der Waals surface area contributed by atoms with E-state index in [9.17, 15) is 8.78 Å². The van der Waals surface area contributed by atoms with Crippen LogP contribution in [0, 0.1) is 5.92 Å². The first-order valence-electron chi connectivity index (χ1n) is 4.03. The predicted octanol–water partition coefficient (Wildman–Crippen LogP) is 3.12. The molecule has 0 radical (unpaired) electrons. The van der Waals surface area contributed by atoms with Crippen molar-refractivity contribution < 1.29 is 8.78 Å². The molecule has 0 amide bonds. The van der Waals surface area contributed by atoms with Gasteiger partial charge in [-0.05, 0) is 24.3 Å². The van der Waals surface area contributed by atoms with Crippen molar-refractivity contribution in [2.45, 2.75) is 31.6 Å². The fourth-order valence-corrected chi connectivity index (χ4v) is 1.43. The predicted molar refractivity (Wildman–Crippen MR) is 40.9 cm³/mol. The van der Waals surface area contributed by atoms with Crippen molar-refractivity contribution in [1.82, 2.24) is 0 Å². The summed E-state index contributed by atoms with van der Waals surface area (Å²) in [6.07, 6.45) is 0.843. The normalized spacial score (nSPS) is 23.2. The first-order chi connectivity index (χ1) is 5.64. The highest BCUT2D eigenvalue weighted by Crippen LogP contribution is 2.36. The summed E-state index contributed by atoms with van der Waals surface area (Å²) in [6.45, 7) is 0.368. The SMILES string of the molecule is [N-]=[N+]=NCC1CCC(F)(F)CC1. The van der Waals surface area contributed by atoms with Gasteiger partial charge in [0.1, 0.15) is 0 Å². The smallest absolute Gasteiger partial charge is 0.207 e. The molecule has 0 saturated heterocycles. The molecule has 0 aromatic heterocycles. The molecule has 1 fully saturated rings. The van der Waals surface area contributed by atoms with Crippen molar-refractivity contribution in [3.05, 3.63) is 10.4 Å². The molecule has 0 heterocycles. The van der Waals surface area contributed by atoms with Crippen molar-refractivity contribution in [3.63, 3.8) is 0 Å².